The summed E-state index contributed by atoms with van der Waals surface area (Å²) in [4.78, 5) is 12.2. The van der Waals surface area contributed by atoms with E-state index in [4.69, 9.17) is 4.74 Å². The number of carbonyl (C=O) groups excluding carboxylic acids is 1. The van der Waals surface area contributed by atoms with Crippen LogP contribution in [0.2, 0.25) is 0 Å². The molecule has 0 saturated heterocycles. The van der Waals surface area contributed by atoms with Crippen LogP contribution in [0.4, 0.5) is 0 Å². The zero-order valence-corrected chi connectivity index (χ0v) is 10.9. The molecule has 4 heteroatoms. The molecule has 1 aromatic carbocycles. The van der Waals surface area contributed by atoms with E-state index in [0.717, 1.165) is 17.7 Å². The molecule has 0 amide bonds. The lowest BCUT2D eigenvalue weighted by Gasteiger charge is -2.25. The molecule has 0 fully saturated rings. The average Bonchev–Trinajstić information content (AvgIpc) is 2.86. The lowest BCUT2D eigenvalue weighted by molar-refractivity contribution is 0.0966. The highest BCUT2D eigenvalue weighted by molar-refractivity contribution is 5.96. The molecule has 98 valence electrons. The zero-order chi connectivity index (χ0) is 13.2. The molecule has 0 aliphatic carbocycles. The van der Waals surface area contributed by atoms with Crippen molar-refractivity contribution in [2.24, 2.45) is 7.05 Å². The van der Waals surface area contributed by atoms with Crippen molar-refractivity contribution in [3.05, 3.63) is 47.8 Å². The van der Waals surface area contributed by atoms with Crippen LogP contribution in [0.15, 0.2) is 36.7 Å². The number of benzene rings is 1. The van der Waals surface area contributed by atoms with Crippen molar-refractivity contribution < 1.29 is 9.53 Å². The molecule has 1 unspecified atom stereocenters. The van der Waals surface area contributed by atoms with Gasteiger partial charge in [-0.2, -0.15) is 5.10 Å². The Hall–Kier alpha value is -2.10. The standard InChI is InChI=1S/C15H16N2O2/c1-17-10-12(9-16-17)14(18)8-11-6-7-19-15-5-3-2-4-13(11)15/h2-5,9-11H,6-8H2,1H3. The number of nitrogens with zero attached hydrogens (tertiary/aromatic N) is 2. The van der Waals surface area contributed by atoms with Gasteiger partial charge in [-0.1, -0.05) is 18.2 Å². The molecule has 3 rings (SSSR count). The third-order valence-corrected chi connectivity index (χ3v) is 3.54. The smallest absolute Gasteiger partial charge is 0.166 e. The maximum absolute atomic E-state index is 12.2. The maximum atomic E-state index is 12.2. The first-order valence-corrected chi connectivity index (χ1v) is 6.47. The number of aromatic nitrogens is 2. The van der Waals surface area contributed by atoms with Gasteiger partial charge in [-0.25, -0.2) is 0 Å². The van der Waals surface area contributed by atoms with Gasteiger partial charge in [0.05, 0.1) is 18.4 Å². The molecule has 0 radical (unpaired) electrons. The van der Waals surface area contributed by atoms with Gasteiger partial charge < -0.3 is 4.74 Å². The minimum atomic E-state index is 0.148. The topological polar surface area (TPSA) is 44.1 Å². The second-order valence-electron chi connectivity index (χ2n) is 4.90. The summed E-state index contributed by atoms with van der Waals surface area (Å²) in [5.74, 6) is 1.31. The first-order chi connectivity index (χ1) is 9.24. The Morgan fingerprint density at radius 3 is 3.11 bits per heavy atom. The number of hydrogen-bond acceptors (Lipinski definition) is 3. The monoisotopic (exact) mass is 256 g/mol. The number of carbonyl (C=O) groups is 1. The van der Waals surface area contributed by atoms with Gasteiger partial charge >= 0.3 is 0 Å². The first-order valence-electron chi connectivity index (χ1n) is 6.47. The summed E-state index contributed by atoms with van der Waals surface area (Å²) < 4.78 is 7.28. The second kappa shape index (κ2) is 4.88. The molecule has 2 heterocycles. The summed E-state index contributed by atoms with van der Waals surface area (Å²) in [7, 11) is 1.82. The lowest BCUT2D eigenvalue weighted by Crippen LogP contribution is -2.17. The molecule has 4 nitrogen and oxygen atoms in total. The van der Waals surface area contributed by atoms with E-state index in [-0.39, 0.29) is 11.7 Å². The normalized spacial score (nSPS) is 17.6. The van der Waals surface area contributed by atoms with Crippen LogP contribution in [0.5, 0.6) is 5.75 Å². The van der Waals surface area contributed by atoms with Gasteiger partial charge in [0.2, 0.25) is 0 Å². The van der Waals surface area contributed by atoms with Crippen molar-refractivity contribution in [3.8, 4) is 5.75 Å². The summed E-state index contributed by atoms with van der Waals surface area (Å²) in [6.07, 6.45) is 4.82. The first kappa shape index (κ1) is 12.0. The van der Waals surface area contributed by atoms with Gasteiger partial charge in [0.15, 0.2) is 5.78 Å². The van der Waals surface area contributed by atoms with Gasteiger partial charge in [0.1, 0.15) is 5.75 Å². The molecule has 0 N–H and O–H groups in total. The van der Waals surface area contributed by atoms with Crippen molar-refractivity contribution >= 4 is 5.78 Å². The Labute approximate surface area is 112 Å². The van der Waals surface area contributed by atoms with E-state index in [1.165, 1.54) is 0 Å². The molecule has 1 atom stereocenters. The third-order valence-electron chi connectivity index (χ3n) is 3.54. The van der Waals surface area contributed by atoms with E-state index < -0.39 is 0 Å². The molecular formula is C15H16N2O2. The fourth-order valence-corrected chi connectivity index (χ4v) is 2.53. The molecule has 0 saturated carbocycles. The molecule has 0 bridgehead atoms. The summed E-state index contributed by atoms with van der Waals surface area (Å²) in [5.41, 5.74) is 1.83. The van der Waals surface area contributed by atoms with Crippen LogP contribution in [0, 0.1) is 0 Å². The highest BCUT2D eigenvalue weighted by atomic mass is 16.5. The van der Waals surface area contributed by atoms with Crippen LogP contribution >= 0.6 is 0 Å². The van der Waals surface area contributed by atoms with Crippen molar-refractivity contribution in [3.63, 3.8) is 0 Å². The van der Waals surface area contributed by atoms with Crippen molar-refractivity contribution in [1.82, 2.24) is 9.78 Å². The fraction of sp³-hybridized carbons (Fsp3) is 0.333. The highest BCUT2D eigenvalue weighted by Crippen LogP contribution is 2.36. The number of ether oxygens (including phenoxy) is 1. The van der Waals surface area contributed by atoms with Gasteiger partial charge in [0, 0.05) is 19.7 Å². The van der Waals surface area contributed by atoms with Crippen LogP contribution in [-0.2, 0) is 7.05 Å². The highest BCUT2D eigenvalue weighted by Gasteiger charge is 2.24. The Morgan fingerprint density at radius 2 is 2.32 bits per heavy atom. The van der Waals surface area contributed by atoms with Gasteiger partial charge in [0.25, 0.3) is 0 Å². The van der Waals surface area contributed by atoms with E-state index >= 15 is 0 Å². The number of ketones is 1. The van der Waals surface area contributed by atoms with E-state index in [0.29, 0.717) is 18.6 Å². The number of Topliss-reactive ketones (excluding diaryl/α,β-unsaturated/α-hetero) is 1. The Bertz CT molecular complexity index is 604. The quantitative estimate of drug-likeness (QED) is 0.793. The van der Waals surface area contributed by atoms with Gasteiger partial charge in [-0.15, -0.1) is 0 Å². The zero-order valence-electron chi connectivity index (χ0n) is 10.9. The number of hydrogen-bond donors (Lipinski definition) is 0. The second-order valence-corrected chi connectivity index (χ2v) is 4.90. The fourth-order valence-electron chi connectivity index (χ4n) is 2.53. The largest absolute Gasteiger partial charge is 0.493 e. The SMILES string of the molecule is Cn1cc(C(=O)CC2CCOc3ccccc32)cn1. The van der Waals surface area contributed by atoms with Gasteiger partial charge in [-0.3, -0.25) is 9.48 Å². The number of para-hydroxylation sites is 1. The molecule has 1 aliphatic heterocycles. The van der Waals surface area contributed by atoms with Crippen LogP contribution in [0.1, 0.15) is 34.7 Å². The van der Waals surface area contributed by atoms with Crippen LogP contribution < -0.4 is 4.74 Å². The van der Waals surface area contributed by atoms with Crippen LogP contribution in [0.3, 0.4) is 0 Å². The van der Waals surface area contributed by atoms with Crippen molar-refractivity contribution in [2.75, 3.05) is 6.61 Å². The van der Waals surface area contributed by atoms with Gasteiger partial charge in [-0.05, 0) is 24.0 Å². The lowest BCUT2D eigenvalue weighted by atomic mass is 9.88. The van der Waals surface area contributed by atoms with E-state index in [9.17, 15) is 4.79 Å². The summed E-state index contributed by atoms with van der Waals surface area (Å²) in [5, 5.41) is 4.05. The molecule has 0 spiro atoms. The van der Waals surface area contributed by atoms with Crippen molar-refractivity contribution in [1.29, 1.82) is 0 Å². The minimum absolute atomic E-state index is 0.148. The van der Waals surface area contributed by atoms with E-state index in [2.05, 4.69) is 11.2 Å². The van der Waals surface area contributed by atoms with Crippen molar-refractivity contribution in [2.45, 2.75) is 18.8 Å². The number of aryl methyl sites for hydroxylation is 1. The predicted octanol–water partition coefficient (Wildman–Crippen LogP) is 2.56. The van der Waals surface area contributed by atoms with E-state index in [1.54, 1.807) is 17.1 Å². The third kappa shape index (κ3) is 2.38. The number of fused-ring (bicyclic) bond motifs is 1. The molecule has 1 aromatic heterocycles. The Kier molecular flexibility index (Phi) is 3.07. The molecule has 2 aromatic rings. The predicted molar refractivity (Wildman–Crippen MR) is 71.5 cm³/mol. The number of rotatable bonds is 3. The Morgan fingerprint density at radius 1 is 1.47 bits per heavy atom. The summed E-state index contributed by atoms with van der Waals surface area (Å²) in [6, 6.07) is 7.98. The Balaban J connectivity index is 1.79. The molecule has 19 heavy (non-hydrogen) atoms. The van der Waals surface area contributed by atoms with Crippen LogP contribution in [0.25, 0.3) is 0 Å². The maximum Gasteiger partial charge on any atom is 0.166 e. The molecule has 1 aliphatic rings. The average molecular weight is 256 g/mol. The molecular weight excluding hydrogens is 240 g/mol. The summed E-state index contributed by atoms with van der Waals surface area (Å²) in [6.45, 7) is 0.683. The van der Waals surface area contributed by atoms with E-state index in [1.807, 2.05) is 25.2 Å². The summed E-state index contributed by atoms with van der Waals surface area (Å²) >= 11 is 0. The minimum Gasteiger partial charge on any atom is -0.493 e. The van der Waals surface area contributed by atoms with Crippen LogP contribution in [-0.4, -0.2) is 22.2 Å².